The Labute approximate surface area is 98.8 Å². The number of halogens is 2. The zero-order chi connectivity index (χ0) is 11.1. The summed E-state index contributed by atoms with van der Waals surface area (Å²) in [7, 11) is 0. The monoisotopic (exact) mass is 246 g/mol. The molecular formula is C10H12ClFN2S. The maximum absolute atomic E-state index is 11.8. The lowest BCUT2D eigenvalue weighted by atomic mass is 10.2. The number of thiocarbonyl (C=S) groups is 1. The van der Waals surface area contributed by atoms with Crippen molar-refractivity contribution in [3.63, 3.8) is 0 Å². The van der Waals surface area contributed by atoms with Crippen LogP contribution in [0.4, 0.5) is 4.39 Å². The zero-order valence-electron chi connectivity index (χ0n) is 8.09. The van der Waals surface area contributed by atoms with Crippen LogP contribution < -0.4 is 10.6 Å². The van der Waals surface area contributed by atoms with Crippen molar-refractivity contribution >= 4 is 28.9 Å². The molecule has 0 saturated carbocycles. The van der Waals surface area contributed by atoms with E-state index in [2.05, 4.69) is 10.6 Å². The second kappa shape index (κ2) is 6.58. The standard InChI is InChI=1S/C10H12ClFN2S/c11-9-3-1-8(2-4-9)7-14-10(15)13-6-5-12/h1-4H,5-7H2,(H2,13,14,15). The highest BCUT2D eigenvalue weighted by Crippen LogP contribution is 2.08. The molecule has 2 N–H and O–H groups in total. The van der Waals surface area contributed by atoms with Gasteiger partial charge in [-0.1, -0.05) is 23.7 Å². The average molecular weight is 247 g/mol. The maximum Gasteiger partial charge on any atom is 0.166 e. The topological polar surface area (TPSA) is 24.1 Å². The largest absolute Gasteiger partial charge is 0.360 e. The molecule has 1 aromatic rings. The van der Waals surface area contributed by atoms with Crippen molar-refractivity contribution in [1.82, 2.24) is 10.6 Å². The van der Waals surface area contributed by atoms with Gasteiger partial charge in [0.05, 0.1) is 0 Å². The van der Waals surface area contributed by atoms with Crippen LogP contribution in [-0.2, 0) is 6.54 Å². The van der Waals surface area contributed by atoms with Gasteiger partial charge in [0.1, 0.15) is 6.67 Å². The highest BCUT2D eigenvalue weighted by Gasteiger charge is 1.95. The average Bonchev–Trinajstić information content (AvgIpc) is 2.25. The lowest BCUT2D eigenvalue weighted by Gasteiger charge is -2.08. The Hall–Kier alpha value is -0.870. The van der Waals surface area contributed by atoms with Gasteiger partial charge in [-0.05, 0) is 29.9 Å². The molecule has 0 saturated heterocycles. The quantitative estimate of drug-likeness (QED) is 0.797. The summed E-state index contributed by atoms with van der Waals surface area (Å²) in [5, 5.41) is 6.86. The molecule has 0 atom stereocenters. The first-order valence-electron chi connectivity index (χ1n) is 4.54. The number of hydrogen-bond donors (Lipinski definition) is 2. The molecule has 0 spiro atoms. The van der Waals surface area contributed by atoms with E-state index in [-0.39, 0.29) is 6.54 Å². The fourth-order valence-electron chi connectivity index (χ4n) is 1.01. The molecule has 0 aromatic heterocycles. The summed E-state index contributed by atoms with van der Waals surface area (Å²) >= 11 is 10.7. The summed E-state index contributed by atoms with van der Waals surface area (Å²) in [6.45, 7) is 0.421. The van der Waals surface area contributed by atoms with Gasteiger partial charge in [0.15, 0.2) is 5.11 Å². The van der Waals surface area contributed by atoms with E-state index >= 15 is 0 Å². The summed E-state index contributed by atoms with van der Waals surface area (Å²) in [5.74, 6) is 0. The van der Waals surface area contributed by atoms with Crippen LogP contribution in [0.15, 0.2) is 24.3 Å². The van der Waals surface area contributed by atoms with Gasteiger partial charge >= 0.3 is 0 Å². The normalized spacial score (nSPS) is 9.73. The fraction of sp³-hybridized carbons (Fsp3) is 0.300. The van der Waals surface area contributed by atoms with Crippen LogP contribution in [-0.4, -0.2) is 18.3 Å². The molecule has 0 radical (unpaired) electrons. The first kappa shape index (κ1) is 12.2. The van der Waals surface area contributed by atoms with E-state index in [1.165, 1.54) is 0 Å². The van der Waals surface area contributed by atoms with Crippen LogP contribution in [0.5, 0.6) is 0 Å². The number of rotatable bonds is 4. The molecule has 1 aromatic carbocycles. The van der Waals surface area contributed by atoms with Crippen molar-refractivity contribution in [2.24, 2.45) is 0 Å². The molecule has 0 bridgehead atoms. The van der Waals surface area contributed by atoms with Crippen LogP contribution >= 0.6 is 23.8 Å². The van der Waals surface area contributed by atoms with Crippen LogP contribution in [0.25, 0.3) is 0 Å². The van der Waals surface area contributed by atoms with E-state index < -0.39 is 6.67 Å². The number of benzene rings is 1. The fourth-order valence-corrected chi connectivity index (χ4v) is 1.31. The summed E-state index contributed by atoms with van der Waals surface area (Å²) in [6, 6.07) is 7.45. The smallest absolute Gasteiger partial charge is 0.166 e. The second-order valence-corrected chi connectivity index (χ2v) is 3.77. The molecule has 0 aliphatic rings. The number of hydrogen-bond acceptors (Lipinski definition) is 1. The van der Waals surface area contributed by atoms with E-state index in [4.69, 9.17) is 23.8 Å². The SMILES string of the molecule is FCCNC(=S)NCc1ccc(Cl)cc1. The summed E-state index contributed by atoms with van der Waals surface area (Å²) in [6.07, 6.45) is 0. The first-order chi connectivity index (χ1) is 7.22. The number of alkyl halides is 1. The minimum absolute atomic E-state index is 0.243. The van der Waals surface area contributed by atoms with Crippen LogP contribution in [0, 0.1) is 0 Å². The lowest BCUT2D eigenvalue weighted by Crippen LogP contribution is -2.35. The molecule has 0 heterocycles. The minimum Gasteiger partial charge on any atom is -0.360 e. The van der Waals surface area contributed by atoms with Gasteiger partial charge in [0.25, 0.3) is 0 Å². The Bertz CT molecular complexity index is 316. The lowest BCUT2D eigenvalue weighted by molar-refractivity contribution is 0.490. The van der Waals surface area contributed by atoms with E-state index in [1.807, 2.05) is 24.3 Å². The Morgan fingerprint density at radius 1 is 1.27 bits per heavy atom. The van der Waals surface area contributed by atoms with Crippen molar-refractivity contribution < 1.29 is 4.39 Å². The van der Waals surface area contributed by atoms with Crippen LogP contribution in [0.1, 0.15) is 5.56 Å². The molecule has 82 valence electrons. The van der Waals surface area contributed by atoms with Gasteiger partial charge in [-0.2, -0.15) is 0 Å². The highest BCUT2D eigenvalue weighted by molar-refractivity contribution is 7.80. The van der Waals surface area contributed by atoms with Gasteiger partial charge in [-0.25, -0.2) is 4.39 Å². The second-order valence-electron chi connectivity index (χ2n) is 2.92. The van der Waals surface area contributed by atoms with Gasteiger partial charge in [0, 0.05) is 18.1 Å². The van der Waals surface area contributed by atoms with Crippen LogP contribution in [0.3, 0.4) is 0 Å². The highest BCUT2D eigenvalue weighted by atomic mass is 35.5. The molecule has 0 aliphatic heterocycles. The van der Waals surface area contributed by atoms with E-state index in [0.717, 1.165) is 5.56 Å². The molecule has 15 heavy (non-hydrogen) atoms. The molecule has 0 aliphatic carbocycles. The molecular weight excluding hydrogens is 235 g/mol. The van der Waals surface area contributed by atoms with Crippen molar-refractivity contribution in [2.45, 2.75) is 6.54 Å². The summed E-state index contributed by atoms with van der Waals surface area (Å²) < 4.78 is 11.8. The first-order valence-corrected chi connectivity index (χ1v) is 5.33. The van der Waals surface area contributed by atoms with E-state index in [9.17, 15) is 4.39 Å². The molecule has 1 rings (SSSR count). The Morgan fingerprint density at radius 2 is 1.93 bits per heavy atom. The predicted molar refractivity (Wildman–Crippen MR) is 64.9 cm³/mol. The van der Waals surface area contributed by atoms with Gasteiger partial charge in [0.2, 0.25) is 0 Å². The predicted octanol–water partition coefficient (Wildman–Crippen LogP) is 2.27. The summed E-state index contributed by atoms with van der Waals surface area (Å²) in [4.78, 5) is 0. The van der Waals surface area contributed by atoms with Crippen molar-refractivity contribution in [2.75, 3.05) is 13.2 Å². The third-order valence-corrected chi connectivity index (χ3v) is 2.29. The Morgan fingerprint density at radius 3 is 2.53 bits per heavy atom. The Balaban J connectivity index is 2.30. The molecule has 5 heteroatoms. The van der Waals surface area contributed by atoms with Crippen molar-refractivity contribution in [1.29, 1.82) is 0 Å². The Kier molecular flexibility index (Phi) is 5.36. The maximum atomic E-state index is 11.8. The molecule has 0 unspecified atom stereocenters. The van der Waals surface area contributed by atoms with Crippen molar-refractivity contribution in [3.8, 4) is 0 Å². The van der Waals surface area contributed by atoms with Crippen molar-refractivity contribution in [3.05, 3.63) is 34.9 Å². The summed E-state index contributed by atoms with van der Waals surface area (Å²) in [5.41, 5.74) is 1.07. The van der Waals surface area contributed by atoms with E-state index in [1.54, 1.807) is 0 Å². The van der Waals surface area contributed by atoms with Gasteiger partial charge in [-0.15, -0.1) is 0 Å². The van der Waals surface area contributed by atoms with Gasteiger partial charge < -0.3 is 10.6 Å². The third kappa shape index (κ3) is 4.95. The van der Waals surface area contributed by atoms with Gasteiger partial charge in [-0.3, -0.25) is 0 Å². The van der Waals surface area contributed by atoms with E-state index in [0.29, 0.717) is 16.7 Å². The minimum atomic E-state index is -0.428. The zero-order valence-corrected chi connectivity index (χ0v) is 9.67. The number of nitrogens with one attached hydrogen (secondary N) is 2. The molecule has 0 fully saturated rings. The third-order valence-electron chi connectivity index (χ3n) is 1.75. The molecule has 2 nitrogen and oxygen atoms in total. The van der Waals surface area contributed by atoms with Crippen LogP contribution in [0.2, 0.25) is 5.02 Å². The molecule has 0 amide bonds.